The van der Waals surface area contributed by atoms with Gasteiger partial charge in [0, 0.05) is 16.5 Å². The largest absolute Gasteiger partial charge is 0.434 e. The minimum atomic E-state index is -4.47. The Balaban J connectivity index is 1.66. The Morgan fingerprint density at radius 1 is 0.846 bits per heavy atom. The summed E-state index contributed by atoms with van der Waals surface area (Å²) in [7, 11) is 0. The molecule has 0 saturated heterocycles. The van der Waals surface area contributed by atoms with Crippen LogP contribution in [0.15, 0.2) is 60.1 Å². The average molecular weight is 389 g/mol. The Kier molecular flexibility index (Phi) is 4.29. The van der Waals surface area contributed by atoms with Crippen LogP contribution in [-0.4, -0.2) is 15.0 Å². The van der Waals surface area contributed by atoms with Crippen LogP contribution in [0.4, 0.5) is 13.2 Å². The van der Waals surface area contributed by atoms with E-state index in [1.807, 2.05) is 42.5 Å². The van der Waals surface area contributed by atoms with Crippen LogP contribution in [0.1, 0.15) is 5.69 Å². The first-order valence-electron chi connectivity index (χ1n) is 7.52. The fourth-order valence-corrected chi connectivity index (χ4v) is 4.08. The van der Waals surface area contributed by atoms with Gasteiger partial charge >= 0.3 is 6.18 Å². The molecule has 3 nitrogen and oxygen atoms in total. The van der Waals surface area contributed by atoms with E-state index in [0.29, 0.717) is 5.69 Å². The summed E-state index contributed by atoms with van der Waals surface area (Å²) in [5.74, 6) is 0.192. The van der Waals surface area contributed by atoms with Gasteiger partial charge in [0.15, 0.2) is 16.5 Å². The highest BCUT2D eigenvalue weighted by atomic mass is 32.1. The maximum Gasteiger partial charge on any atom is 0.434 e. The number of hydrogen-bond acceptors (Lipinski definition) is 5. The van der Waals surface area contributed by atoms with Crippen molar-refractivity contribution in [3.05, 3.63) is 65.8 Å². The molecule has 0 aliphatic rings. The summed E-state index contributed by atoms with van der Waals surface area (Å²) < 4.78 is 38.2. The minimum Gasteiger partial charge on any atom is -0.234 e. The monoisotopic (exact) mass is 389 g/mol. The van der Waals surface area contributed by atoms with Crippen LogP contribution >= 0.6 is 22.7 Å². The van der Waals surface area contributed by atoms with Crippen molar-refractivity contribution in [2.24, 2.45) is 0 Å². The SMILES string of the molecule is FC(F)(F)c1csc(-c2nccc(-c3ccc(-c4ccccc4)s3)n2)n1. The number of halogens is 3. The third-order valence-electron chi connectivity index (χ3n) is 3.56. The fraction of sp³-hybridized carbons (Fsp3) is 0.0556. The van der Waals surface area contributed by atoms with Crippen molar-refractivity contribution in [2.45, 2.75) is 6.18 Å². The van der Waals surface area contributed by atoms with Crippen molar-refractivity contribution in [3.63, 3.8) is 0 Å². The molecule has 3 aromatic heterocycles. The molecule has 0 atom stereocenters. The fourth-order valence-electron chi connectivity index (χ4n) is 2.34. The number of rotatable bonds is 3. The van der Waals surface area contributed by atoms with E-state index in [1.165, 1.54) is 6.20 Å². The molecule has 0 N–H and O–H groups in total. The average Bonchev–Trinajstić information content (AvgIpc) is 3.32. The van der Waals surface area contributed by atoms with E-state index >= 15 is 0 Å². The first-order chi connectivity index (χ1) is 12.5. The summed E-state index contributed by atoms with van der Waals surface area (Å²) in [5, 5.41) is 1.13. The van der Waals surface area contributed by atoms with Crippen LogP contribution in [0.5, 0.6) is 0 Å². The number of aromatic nitrogens is 3. The smallest absolute Gasteiger partial charge is 0.234 e. The summed E-state index contributed by atoms with van der Waals surface area (Å²) in [6.45, 7) is 0. The lowest BCUT2D eigenvalue weighted by molar-refractivity contribution is -0.140. The highest BCUT2D eigenvalue weighted by Crippen LogP contribution is 2.35. The Hall–Kier alpha value is -2.58. The maximum absolute atomic E-state index is 12.7. The summed E-state index contributed by atoms with van der Waals surface area (Å²) in [5.41, 5.74) is 0.840. The molecule has 8 heteroatoms. The molecular formula is C18H10F3N3S2. The lowest BCUT2D eigenvalue weighted by Crippen LogP contribution is -2.05. The van der Waals surface area contributed by atoms with Gasteiger partial charge in [0.05, 0.1) is 10.6 Å². The van der Waals surface area contributed by atoms with Crippen LogP contribution < -0.4 is 0 Å². The predicted molar refractivity (Wildman–Crippen MR) is 96.9 cm³/mol. The van der Waals surface area contributed by atoms with Gasteiger partial charge in [-0.15, -0.1) is 22.7 Å². The molecule has 26 heavy (non-hydrogen) atoms. The van der Waals surface area contributed by atoms with Crippen LogP contribution in [0.2, 0.25) is 0 Å². The second kappa shape index (κ2) is 6.62. The van der Waals surface area contributed by atoms with Gasteiger partial charge in [0.25, 0.3) is 0 Å². The molecule has 130 valence electrons. The summed E-state index contributed by atoms with van der Waals surface area (Å²) >= 11 is 2.45. The highest BCUT2D eigenvalue weighted by Gasteiger charge is 2.34. The van der Waals surface area contributed by atoms with Crippen LogP contribution in [0, 0.1) is 0 Å². The number of alkyl halides is 3. The van der Waals surface area contributed by atoms with Crippen molar-refractivity contribution >= 4 is 22.7 Å². The van der Waals surface area contributed by atoms with E-state index in [0.717, 1.165) is 32.0 Å². The van der Waals surface area contributed by atoms with Gasteiger partial charge < -0.3 is 0 Å². The van der Waals surface area contributed by atoms with E-state index < -0.39 is 11.9 Å². The van der Waals surface area contributed by atoms with Gasteiger partial charge in [-0.2, -0.15) is 13.2 Å². The zero-order valence-corrected chi connectivity index (χ0v) is 14.7. The zero-order valence-electron chi connectivity index (χ0n) is 13.1. The molecular weight excluding hydrogens is 379 g/mol. The van der Waals surface area contributed by atoms with Crippen LogP contribution in [0.3, 0.4) is 0 Å². The quantitative estimate of drug-likeness (QED) is 0.430. The Bertz CT molecular complexity index is 1040. The van der Waals surface area contributed by atoms with Crippen molar-refractivity contribution in [1.82, 2.24) is 15.0 Å². The maximum atomic E-state index is 12.7. The molecule has 3 heterocycles. The summed E-state index contributed by atoms with van der Waals surface area (Å²) in [6, 6.07) is 15.6. The van der Waals surface area contributed by atoms with E-state index in [4.69, 9.17) is 0 Å². The second-order valence-electron chi connectivity index (χ2n) is 5.33. The second-order valence-corrected chi connectivity index (χ2v) is 7.27. The van der Waals surface area contributed by atoms with Crippen molar-refractivity contribution < 1.29 is 13.2 Å². The number of thiophene rings is 1. The highest BCUT2D eigenvalue weighted by molar-refractivity contribution is 7.18. The number of benzene rings is 1. The third kappa shape index (κ3) is 3.38. The summed E-state index contributed by atoms with van der Waals surface area (Å²) in [6.07, 6.45) is -2.93. The molecule has 0 saturated carbocycles. The lowest BCUT2D eigenvalue weighted by atomic mass is 10.2. The van der Waals surface area contributed by atoms with Crippen LogP contribution in [0.25, 0.3) is 31.8 Å². The molecule has 0 spiro atoms. The minimum absolute atomic E-state index is 0.152. The number of nitrogens with zero attached hydrogens (tertiary/aromatic N) is 3. The first-order valence-corrected chi connectivity index (χ1v) is 9.22. The molecule has 0 radical (unpaired) electrons. The van der Waals surface area contributed by atoms with Gasteiger partial charge in [-0.3, -0.25) is 0 Å². The molecule has 0 fully saturated rings. The molecule has 4 aromatic rings. The van der Waals surface area contributed by atoms with Crippen molar-refractivity contribution in [2.75, 3.05) is 0 Å². The number of hydrogen-bond donors (Lipinski definition) is 0. The molecule has 1 aromatic carbocycles. The lowest BCUT2D eigenvalue weighted by Gasteiger charge is -2.01. The van der Waals surface area contributed by atoms with Crippen molar-refractivity contribution in [3.8, 4) is 31.8 Å². The molecule has 0 unspecified atom stereocenters. The third-order valence-corrected chi connectivity index (χ3v) is 5.55. The predicted octanol–water partition coefficient (Wildman–Crippen LogP) is 6.01. The Labute approximate surface area is 154 Å². The van der Waals surface area contributed by atoms with E-state index in [1.54, 1.807) is 17.4 Å². The molecule has 0 aliphatic heterocycles. The topological polar surface area (TPSA) is 38.7 Å². The molecule has 0 amide bonds. The van der Waals surface area contributed by atoms with Gasteiger partial charge in [0.1, 0.15) is 0 Å². The first kappa shape index (κ1) is 16.9. The molecule has 0 bridgehead atoms. The van der Waals surface area contributed by atoms with Gasteiger partial charge in [0.2, 0.25) is 0 Å². The van der Waals surface area contributed by atoms with Gasteiger partial charge in [-0.25, -0.2) is 15.0 Å². The van der Waals surface area contributed by atoms with E-state index in [9.17, 15) is 13.2 Å². The van der Waals surface area contributed by atoms with Gasteiger partial charge in [-0.05, 0) is 23.8 Å². The Morgan fingerprint density at radius 2 is 1.62 bits per heavy atom. The summed E-state index contributed by atoms with van der Waals surface area (Å²) in [4.78, 5) is 14.1. The number of thiazole rings is 1. The van der Waals surface area contributed by atoms with E-state index in [2.05, 4.69) is 15.0 Å². The normalized spacial score (nSPS) is 11.7. The molecule has 4 rings (SSSR count). The standard InChI is InChI=1S/C18H10F3N3S2/c19-18(20,21)15-10-25-17(24-15)16-22-9-8-12(23-16)14-7-6-13(26-14)11-4-2-1-3-5-11/h1-10H. The molecule has 0 aliphatic carbocycles. The van der Waals surface area contributed by atoms with Gasteiger partial charge in [-0.1, -0.05) is 30.3 Å². The van der Waals surface area contributed by atoms with E-state index in [-0.39, 0.29) is 10.8 Å². The van der Waals surface area contributed by atoms with Crippen LogP contribution in [-0.2, 0) is 6.18 Å². The zero-order chi connectivity index (χ0) is 18.1. The van der Waals surface area contributed by atoms with Crippen molar-refractivity contribution in [1.29, 1.82) is 0 Å². The Morgan fingerprint density at radius 3 is 2.35 bits per heavy atom.